The van der Waals surface area contributed by atoms with E-state index in [9.17, 15) is 17.6 Å². The van der Waals surface area contributed by atoms with E-state index in [2.05, 4.69) is 5.32 Å². The first-order valence-electron chi connectivity index (χ1n) is 6.06. The van der Waals surface area contributed by atoms with Crippen LogP contribution in [-0.2, 0) is 6.42 Å². The highest BCUT2D eigenvalue weighted by Gasteiger charge is 2.28. The summed E-state index contributed by atoms with van der Waals surface area (Å²) in [5, 5.41) is 3.18. The molecule has 0 aliphatic heterocycles. The average molecular weight is 298 g/mol. The van der Waals surface area contributed by atoms with Gasteiger partial charge in [0.25, 0.3) is 0 Å². The molecular weight excluding hydrogens is 282 g/mol. The molecular formula is C13H16ClF4N. The molecule has 0 fully saturated rings. The highest BCUT2D eigenvalue weighted by molar-refractivity contribution is 6.31. The molecule has 1 unspecified atom stereocenters. The van der Waals surface area contributed by atoms with Crippen molar-refractivity contribution in [3.05, 3.63) is 34.6 Å². The molecule has 0 spiro atoms. The van der Waals surface area contributed by atoms with Crippen molar-refractivity contribution in [2.75, 3.05) is 6.54 Å². The summed E-state index contributed by atoms with van der Waals surface area (Å²) in [4.78, 5) is 0. The van der Waals surface area contributed by atoms with Crippen LogP contribution in [0.1, 0.15) is 25.3 Å². The minimum Gasteiger partial charge on any atom is -0.314 e. The SMILES string of the molecule is CCNC(CCC(F)(F)F)Cc1c(F)cccc1Cl. The van der Waals surface area contributed by atoms with E-state index in [1.165, 1.54) is 18.2 Å². The van der Waals surface area contributed by atoms with Crippen molar-refractivity contribution in [3.63, 3.8) is 0 Å². The number of hydrogen-bond donors (Lipinski definition) is 1. The standard InChI is InChI=1S/C13H16ClF4N/c1-2-19-9(6-7-13(16,17)18)8-10-11(14)4-3-5-12(10)15/h3-5,9,19H,2,6-8H2,1H3. The van der Waals surface area contributed by atoms with Gasteiger partial charge in [0.2, 0.25) is 0 Å². The first-order valence-corrected chi connectivity index (χ1v) is 6.44. The lowest BCUT2D eigenvalue weighted by Gasteiger charge is -2.19. The third kappa shape index (κ3) is 5.78. The Morgan fingerprint density at radius 3 is 2.53 bits per heavy atom. The van der Waals surface area contributed by atoms with Gasteiger partial charge in [0, 0.05) is 23.0 Å². The summed E-state index contributed by atoms with van der Waals surface area (Å²) in [6.07, 6.45) is -5.04. The molecule has 6 heteroatoms. The molecule has 1 aromatic rings. The fourth-order valence-corrected chi connectivity index (χ4v) is 2.12. The summed E-state index contributed by atoms with van der Waals surface area (Å²) in [5.41, 5.74) is 0.261. The van der Waals surface area contributed by atoms with E-state index in [1.807, 2.05) is 0 Å². The molecule has 19 heavy (non-hydrogen) atoms. The highest BCUT2D eigenvalue weighted by atomic mass is 35.5. The molecule has 0 saturated heterocycles. The first-order chi connectivity index (χ1) is 8.83. The molecule has 1 rings (SSSR count). The van der Waals surface area contributed by atoms with Crippen molar-refractivity contribution in [1.29, 1.82) is 0 Å². The van der Waals surface area contributed by atoms with E-state index in [1.54, 1.807) is 6.92 Å². The molecule has 0 aromatic heterocycles. The predicted molar refractivity (Wildman–Crippen MR) is 67.9 cm³/mol. The van der Waals surface area contributed by atoms with Crippen LogP contribution in [0, 0.1) is 5.82 Å². The van der Waals surface area contributed by atoms with Crippen molar-refractivity contribution in [2.24, 2.45) is 0 Å². The molecule has 1 nitrogen and oxygen atoms in total. The summed E-state index contributed by atoms with van der Waals surface area (Å²) in [7, 11) is 0. The van der Waals surface area contributed by atoms with Crippen LogP contribution in [0.2, 0.25) is 5.02 Å². The van der Waals surface area contributed by atoms with E-state index in [4.69, 9.17) is 11.6 Å². The van der Waals surface area contributed by atoms with Gasteiger partial charge < -0.3 is 5.32 Å². The smallest absolute Gasteiger partial charge is 0.314 e. The van der Waals surface area contributed by atoms with Crippen LogP contribution in [0.15, 0.2) is 18.2 Å². The van der Waals surface area contributed by atoms with Gasteiger partial charge in [0.15, 0.2) is 0 Å². The number of benzene rings is 1. The number of nitrogens with one attached hydrogen (secondary N) is 1. The quantitative estimate of drug-likeness (QED) is 0.770. The number of alkyl halides is 3. The Labute approximate surface area is 115 Å². The minimum absolute atomic E-state index is 0.0952. The molecule has 0 radical (unpaired) electrons. The van der Waals surface area contributed by atoms with Gasteiger partial charge in [-0.05, 0) is 31.5 Å². The lowest BCUT2D eigenvalue weighted by atomic mass is 10.0. The van der Waals surface area contributed by atoms with E-state index in [0.29, 0.717) is 6.54 Å². The summed E-state index contributed by atoms with van der Waals surface area (Å²) in [6.45, 7) is 2.32. The molecule has 0 aliphatic rings. The number of rotatable bonds is 6. The fraction of sp³-hybridized carbons (Fsp3) is 0.538. The summed E-state index contributed by atoms with van der Waals surface area (Å²) >= 11 is 5.87. The van der Waals surface area contributed by atoms with Crippen LogP contribution in [0.25, 0.3) is 0 Å². The van der Waals surface area contributed by atoms with Crippen molar-refractivity contribution in [3.8, 4) is 0 Å². The monoisotopic (exact) mass is 297 g/mol. The Balaban J connectivity index is 2.72. The second-order valence-corrected chi connectivity index (χ2v) is 4.72. The Morgan fingerprint density at radius 1 is 1.32 bits per heavy atom. The van der Waals surface area contributed by atoms with Crippen LogP contribution >= 0.6 is 11.6 Å². The Hall–Kier alpha value is -0.810. The van der Waals surface area contributed by atoms with E-state index in [0.717, 1.165) is 0 Å². The number of likely N-dealkylation sites (N-methyl/N-ethyl adjacent to an activating group) is 1. The van der Waals surface area contributed by atoms with Crippen molar-refractivity contribution in [1.82, 2.24) is 5.32 Å². The normalized spacial score (nSPS) is 13.6. The molecule has 1 aromatic carbocycles. The third-order valence-electron chi connectivity index (χ3n) is 2.78. The second kappa shape index (κ2) is 7.10. The molecule has 108 valence electrons. The Morgan fingerprint density at radius 2 is 2.00 bits per heavy atom. The largest absolute Gasteiger partial charge is 0.389 e. The Bertz CT molecular complexity index is 386. The van der Waals surface area contributed by atoms with Crippen LogP contribution in [0.4, 0.5) is 17.6 Å². The number of hydrogen-bond acceptors (Lipinski definition) is 1. The van der Waals surface area contributed by atoms with Crippen molar-refractivity contribution >= 4 is 11.6 Å². The first kappa shape index (κ1) is 16.2. The summed E-state index contributed by atoms with van der Waals surface area (Å²) in [5.74, 6) is -0.484. The van der Waals surface area contributed by atoms with Gasteiger partial charge in [-0.2, -0.15) is 13.2 Å². The Kier molecular flexibility index (Phi) is 6.07. The highest BCUT2D eigenvalue weighted by Crippen LogP contribution is 2.25. The van der Waals surface area contributed by atoms with E-state index < -0.39 is 24.5 Å². The molecule has 1 N–H and O–H groups in total. The zero-order valence-electron chi connectivity index (χ0n) is 10.5. The van der Waals surface area contributed by atoms with Gasteiger partial charge >= 0.3 is 6.18 Å². The zero-order chi connectivity index (χ0) is 14.5. The maximum atomic E-state index is 13.6. The average Bonchev–Trinajstić information content (AvgIpc) is 2.30. The van der Waals surface area contributed by atoms with Gasteiger partial charge in [0.1, 0.15) is 5.82 Å². The zero-order valence-corrected chi connectivity index (χ0v) is 11.3. The molecule has 0 amide bonds. The fourth-order valence-electron chi connectivity index (χ4n) is 1.88. The summed E-state index contributed by atoms with van der Waals surface area (Å²) in [6, 6.07) is 3.82. The van der Waals surface area contributed by atoms with Gasteiger partial charge in [-0.1, -0.05) is 24.6 Å². The predicted octanol–water partition coefficient (Wildman–Crippen LogP) is 4.34. The van der Waals surface area contributed by atoms with Crippen LogP contribution in [0.3, 0.4) is 0 Å². The van der Waals surface area contributed by atoms with Crippen molar-refractivity contribution < 1.29 is 17.6 Å². The lowest BCUT2D eigenvalue weighted by molar-refractivity contribution is -0.136. The molecule has 0 aliphatic carbocycles. The minimum atomic E-state index is -4.20. The van der Waals surface area contributed by atoms with Gasteiger partial charge in [-0.15, -0.1) is 0 Å². The topological polar surface area (TPSA) is 12.0 Å². The maximum absolute atomic E-state index is 13.6. The van der Waals surface area contributed by atoms with Crippen LogP contribution in [0.5, 0.6) is 0 Å². The van der Waals surface area contributed by atoms with E-state index in [-0.39, 0.29) is 23.4 Å². The van der Waals surface area contributed by atoms with Gasteiger partial charge in [-0.25, -0.2) is 4.39 Å². The molecule has 0 bridgehead atoms. The van der Waals surface area contributed by atoms with Crippen molar-refractivity contribution in [2.45, 2.75) is 38.4 Å². The second-order valence-electron chi connectivity index (χ2n) is 4.31. The third-order valence-corrected chi connectivity index (χ3v) is 3.14. The van der Waals surface area contributed by atoms with Crippen LogP contribution in [-0.4, -0.2) is 18.8 Å². The van der Waals surface area contributed by atoms with Gasteiger partial charge in [0.05, 0.1) is 0 Å². The maximum Gasteiger partial charge on any atom is 0.389 e. The molecule has 0 heterocycles. The number of halogens is 5. The van der Waals surface area contributed by atoms with Gasteiger partial charge in [-0.3, -0.25) is 0 Å². The lowest BCUT2D eigenvalue weighted by Crippen LogP contribution is -2.32. The van der Waals surface area contributed by atoms with E-state index >= 15 is 0 Å². The summed E-state index contributed by atoms with van der Waals surface area (Å²) < 4.78 is 50.3. The molecule has 1 atom stereocenters. The molecule has 0 saturated carbocycles. The van der Waals surface area contributed by atoms with Crippen LogP contribution < -0.4 is 5.32 Å².